The molecule has 0 aromatic heterocycles. The number of carbonyl (C=O) groups excluding carboxylic acids is 2. The van der Waals surface area contributed by atoms with E-state index < -0.39 is 0 Å². The van der Waals surface area contributed by atoms with Gasteiger partial charge in [0.2, 0.25) is 11.8 Å². The molecule has 0 aromatic rings. The molecule has 1 heterocycles. The van der Waals surface area contributed by atoms with Gasteiger partial charge in [-0.05, 0) is 18.8 Å². The minimum atomic E-state index is -0.345. The van der Waals surface area contributed by atoms with Gasteiger partial charge in [-0.2, -0.15) is 0 Å². The van der Waals surface area contributed by atoms with E-state index in [1.165, 1.54) is 0 Å². The van der Waals surface area contributed by atoms with Crippen LogP contribution in [0.5, 0.6) is 0 Å². The third kappa shape index (κ3) is 3.24. The Morgan fingerprint density at radius 2 is 1.89 bits per heavy atom. The standard InChI is InChI=1S/C14H26N2O2/c1-5-7-8-9-16-11(6-2)13(17)15-12(10(3)4)14(16)18/h10-12H,5-9H2,1-4H3,(H,15,17). The largest absolute Gasteiger partial charge is 0.342 e. The average Bonchev–Trinajstić information content (AvgIpc) is 2.33. The second-order valence-electron chi connectivity index (χ2n) is 5.39. The molecule has 1 saturated heterocycles. The van der Waals surface area contributed by atoms with Crippen LogP contribution in [-0.4, -0.2) is 35.3 Å². The number of rotatable bonds is 6. The molecule has 1 aliphatic heterocycles. The molecule has 0 spiro atoms. The summed E-state index contributed by atoms with van der Waals surface area (Å²) in [5.41, 5.74) is 0. The van der Waals surface area contributed by atoms with Crippen molar-refractivity contribution >= 4 is 11.8 Å². The van der Waals surface area contributed by atoms with Crippen LogP contribution >= 0.6 is 0 Å². The van der Waals surface area contributed by atoms with E-state index >= 15 is 0 Å². The third-order valence-electron chi connectivity index (χ3n) is 3.58. The summed E-state index contributed by atoms with van der Waals surface area (Å²) in [5.74, 6) is 0.243. The van der Waals surface area contributed by atoms with E-state index in [9.17, 15) is 9.59 Å². The highest BCUT2D eigenvalue weighted by Crippen LogP contribution is 2.18. The molecule has 2 atom stereocenters. The second kappa shape index (κ2) is 6.76. The van der Waals surface area contributed by atoms with Crippen LogP contribution in [-0.2, 0) is 9.59 Å². The van der Waals surface area contributed by atoms with E-state index in [0.717, 1.165) is 19.3 Å². The molecule has 4 nitrogen and oxygen atoms in total. The van der Waals surface area contributed by atoms with Crippen molar-refractivity contribution in [1.29, 1.82) is 0 Å². The first-order valence-electron chi connectivity index (χ1n) is 7.13. The van der Waals surface area contributed by atoms with Gasteiger partial charge in [0.15, 0.2) is 0 Å². The van der Waals surface area contributed by atoms with Crippen molar-refractivity contribution in [2.75, 3.05) is 6.54 Å². The molecular weight excluding hydrogens is 228 g/mol. The van der Waals surface area contributed by atoms with Gasteiger partial charge in [-0.15, -0.1) is 0 Å². The van der Waals surface area contributed by atoms with Gasteiger partial charge in [0.05, 0.1) is 0 Å². The van der Waals surface area contributed by atoms with Gasteiger partial charge in [0.1, 0.15) is 12.1 Å². The zero-order chi connectivity index (χ0) is 13.7. The van der Waals surface area contributed by atoms with Gasteiger partial charge in [-0.25, -0.2) is 0 Å². The topological polar surface area (TPSA) is 49.4 Å². The van der Waals surface area contributed by atoms with Crippen LogP contribution in [0.3, 0.4) is 0 Å². The van der Waals surface area contributed by atoms with Gasteiger partial charge >= 0.3 is 0 Å². The Kier molecular flexibility index (Phi) is 5.63. The van der Waals surface area contributed by atoms with E-state index in [1.807, 2.05) is 20.8 Å². The summed E-state index contributed by atoms with van der Waals surface area (Å²) in [6.45, 7) is 8.75. The monoisotopic (exact) mass is 254 g/mol. The highest BCUT2D eigenvalue weighted by atomic mass is 16.2. The van der Waals surface area contributed by atoms with Gasteiger partial charge < -0.3 is 10.2 Å². The van der Waals surface area contributed by atoms with Crippen LogP contribution in [0.2, 0.25) is 0 Å². The predicted octanol–water partition coefficient (Wildman–Crippen LogP) is 1.94. The number of nitrogens with one attached hydrogen (secondary N) is 1. The van der Waals surface area contributed by atoms with E-state index in [1.54, 1.807) is 4.90 Å². The van der Waals surface area contributed by atoms with Crippen molar-refractivity contribution < 1.29 is 9.59 Å². The van der Waals surface area contributed by atoms with Crippen LogP contribution in [0.1, 0.15) is 53.4 Å². The molecule has 18 heavy (non-hydrogen) atoms. The molecular formula is C14H26N2O2. The number of hydrogen-bond acceptors (Lipinski definition) is 2. The first-order valence-corrected chi connectivity index (χ1v) is 7.13. The van der Waals surface area contributed by atoms with Crippen LogP contribution in [0.4, 0.5) is 0 Å². The fourth-order valence-corrected chi connectivity index (χ4v) is 2.44. The summed E-state index contributed by atoms with van der Waals surface area (Å²) < 4.78 is 0. The van der Waals surface area contributed by atoms with Crippen molar-refractivity contribution in [2.24, 2.45) is 5.92 Å². The highest BCUT2D eigenvalue weighted by molar-refractivity contribution is 5.97. The summed E-state index contributed by atoms with van der Waals surface area (Å²) >= 11 is 0. The zero-order valence-electron chi connectivity index (χ0n) is 12.0. The maximum Gasteiger partial charge on any atom is 0.246 e. The average molecular weight is 254 g/mol. The fourth-order valence-electron chi connectivity index (χ4n) is 2.44. The SMILES string of the molecule is CCCCCN1C(=O)C(C(C)C)NC(=O)C1CC. The first-order chi connectivity index (χ1) is 8.52. The molecule has 2 amide bonds. The fraction of sp³-hybridized carbons (Fsp3) is 0.857. The van der Waals surface area contributed by atoms with Crippen molar-refractivity contribution in [1.82, 2.24) is 10.2 Å². The molecule has 0 saturated carbocycles. The molecule has 0 aliphatic carbocycles. The molecule has 1 fully saturated rings. The maximum atomic E-state index is 12.4. The maximum absolute atomic E-state index is 12.4. The summed E-state index contributed by atoms with van der Waals surface area (Å²) in [4.78, 5) is 26.2. The Morgan fingerprint density at radius 3 is 2.39 bits per heavy atom. The Labute approximate surface area is 110 Å². The number of piperazine rings is 1. The van der Waals surface area contributed by atoms with Crippen LogP contribution in [0.25, 0.3) is 0 Å². The normalized spacial score (nSPS) is 24.6. The molecule has 2 unspecified atom stereocenters. The third-order valence-corrected chi connectivity index (χ3v) is 3.58. The van der Waals surface area contributed by atoms with E-state index in [2.05, 4.69) is 12.2 Å². The molecule has 0 bridgehead atoms. The molecule has 0 aromatic carbocycles. The van der Waals surface area contributed by atoms with Crippen molar-refractivity contribution in [2.45, 2.75) is 65.5 Å². The van der Waals surface area contributed by atoms with Gasteiger partial charge in [0, 0.05) is 6.54 Å². The quantitative estimate of drug-likeness (QED) is 0.736. The lowest BCUT2D eigenvalue weighted by Crippen LogP contribution is -2.64. The second-order valence-corrected chi connectivity index (χ2v) is 5.39. The summed E-state index contributed by atoms with van der Waals surface area (Å²) in [5, 5.41) is 2.86. The minimum Gasteiger partial charge on any atom is -0.342 e. The number of nitrogens with zero attached hydrogens (tertiary/aromatic N) is 1. The smallest absolute Gasteiger partial charge is 0.246 e. The molecule has 1 N–H and O–H groups in total. The minimum absolute atomic E-state index is 0.00676. The Hall–Kier alpha value is -1.06. The summed E-state index contributed by atoms with van der Waals surface area (Å²) in [7, 11) is 0. The molecule has 4 heteroatoms. The molecule has 1 rings (SSSR count). The van der Waals surface area contributed by atoms with Crippen molar-refractivity contribution in [3.63, 3.8) is 0 Å². The van der Waals surface area contributed by atoms with Crippen LogP contribution < -0.4 is 5.32 Å². The van der Waals surface area contributed by atoms with Crippen LogP contribution in [0, 0.1) is 5.92 Å². The summed E-state index contributed by atoms with van der Waals surface area (Å²) in [6.07, 6.45) is 3.90. The van der Waals surface area contributed by atoms with Crippen molar-refractivity contribution in [3.8, 4) is 0 Å². The first kappa shape index (κ1) is 15.0. The Morgan fingerprint density at radius 1 is 1.22 bits per heavy atom. The lowest BCUT2D eigenvalue weighted by atomic mass is 9.96. The summed E-state index contributed by atoms with van der Waals surface area (Å²) in [6, 6.07) is -0.619. The number of carbonyl (C=O) groups is 2. The number of hydrogen-bond donors (Lipinski definition) is 1. The van der Waals surface area contributed by atoms with E-state index in [0.29, 0.717) is 13.0 Å². The van der Waals surface area contributed by atoms with E-state index in [4.69, 9.17) is 0 Å². The van der Waals surface area contributed by atoms with Gasteiger partial charge in [-0.3, -0.25) is 9.59 Å². The zero-order valence-corrected chi connectivity index (χ0v) is 12.0. The molecule has 0 radical (unpaired) electrons. The van der Waals surface area contributed by atoms with Gasteiger partial charge in [0.25, 0.3) is 0 Å². The number of unbranched alkanes of at least 4 members (excludes halogenated alkanes) is 2. The highest BCUT2D eigenvalue weighted by Gasteiger charge is 2.40. The molecule has 104 valence electrons. The van der Waals surface area contributed by atoms with Crippen molar-refractivity contribution in [3.05, 3.63) is 0 Å². The Bertz CT molecular complexity index is 302. The lowest BCUT2D eigenvalue weighted by Gasteiger charge is -2.40. The van der Waals surface area contributed by atoms with E-state index in [-0.39, 0.29) is 29.8 Å². The number of amides is 2. The van der Waals surface area contributed by atoms with Crippen LogP contribution in [0.15, 0.2) is 0 Å². The lowest BCUT2D eigenvalue weighted by molar-refractivity contribution is -0.150. The van der Waals surface area contributed by atoms with Gasteiger partial charge in [-0.1, -0.05) is 40.5 Å². The Balaban J connectivity index is 2.77. The molecule has 1 aliphatic rings. The predicted molar refractivity (Wildman–Crippen MR) is 72.1 cm³/mol.